The van der Waals surface area contributed by atoms with Crippen molar-refractivity contribution in [1.82, 2.24) is 10.2 Å². The van der Waals surface area contributed by atoms with E-state index in [2.05, 4.69) is 5.32 Å². The zero-order valence-corrected chi connectivity index (χ0v) is 22.7. The Hall–Kier alpha value is -3.80. The number of rotatable bonds is 8. The van der Waals surface area contributed by atoms with Gasteiger partial charge in [-0.25, -0.2) is 4.79 Å². The predicted molar refractivity (Wildman–Crippen MR) is 149 cm³/mol. The van der Waals surface area contributed by atoms with E-state index in [-0.39, 0.29) is 30.0 Å². The van der Waals surface area contributed by atoms with Gasteiger partial charge < -0.3 is 19.7 Å². The summed E-state index contributed by atoms with van der Waals surface area (Å²) < 4.78 is 11.7. The van der Waals surface area contributed by atoms with Gasteiger partial charge in [-0.2, -0.15) is 0 Å². The topological polar surface area (TPSA) is 67.9 Å². The fourth-order valence-corrected chi connectivity index (χ4v) is 4.77. The molecule has 38 heavy (non-hydrogen) atoms. The third kappa shape index (κ3) is 7.15. The van der Waals surface area contributed by atoms with Crippen LogP contribution in [0, 0.1) is 0 Å². The summed E-state index contributed by atoms with van der Waals surface area (Å²) in [5, 5.41) is 3.27. The molecule has 1 saturated heterocycles. The van der Waals surface area contributed by atoms with Crippen LogP contribution in [0.5, 0.6) is 5.75 Å². The van der Waals surface area contributed by atoms with Crippen molar-refractivity contribution in [2.45, 2.75) is 70.7 Å². The monoisotopic (exact) mass is 514 g/mol. The van der Waals surface area contributed by atoms with Crippen LogP contribution in [0.2, 0.25) is 0 Å². The van der Waals surface area contributed by atoms with Gasteiger partial charge in [0.2, 0.25) is 5.91 Å². The first-order chi connectivity index (χ1) is 18.2. The van der Waals surface area contributed by atoms with Crippen molar-refractivity contribution in [2.75, 3.05) is 6.54 Å². The molecule has 1 aliphatic heterocycles. The van der Waals surface area contributed by atoms with Gasteiger partial charge in [0.25, 0.3) is 0 Å². The molecule has 1 fully saturated rings. The van der Waals surface area contributed by atoms with Gasteiger partial charge in [-0.05, 0) is 69.4 Å². The summed E-state index contributed by atoms with van der Waals surface area (Å²) in [5.74, 6) is 0.334. The first-order valence-corrected chi connectivity index (χ1v) is 13.3. The minimum absolute atomic E-state index is 0.0818. The number of benzene rings is 3. The fourth-order valence-electron chi connectivity index (χ4n) is 4.77. The molecule has 1 aliphatic rings. The van der Waals surface area contributed by atoms with E-state index in [9.17, 15) is 9.59 Å². The highest BCUT2D eigenvalue weighted by Gasteiger charge is 2.39. The smallest absolute Gasteiger partial charge is 0.410 e. The second-order valence-electron chi connectivity index (χ2n) is 10.8. The number of ether oxygens (including phenoxy) is 2. The van der Waals surface area contributed by atoms with Crippen molar-refractivity contribution >= 4 is 12.0 Å². The maximum absolute atomic E-state index is 13.4. The van der Waals surface area contributed by atoms with Crippen LogP contribution in [0.25, 0.3) is 0 Å². The van der Waals surface area contributed by atoms with Crippen LogP contribution in [0.3, 0.4) is 0 Å². The molecule has 0 spiro atoms. The summed E-state index contributed by atoms with van der Waals surface area (Å²) in [6.07, 6.45) is 1.28. The van der Waals surface area contributed by atoms with Gasteiger partial charge in [0, 0.05) is 6.54 Å². The first-order valence-electron chi connectivity index (χ1n) is 13.3. The van der Waals surface area contributed by atoms with E-state index >= 15 is 0 Å². The molecular formula is C32H38N2O4. The van der Waals surface area contributed by atoms with Crippen molar-refractivity contribution in [3.05, 3.63) is 102 Å². The molecule has 1 N–H and O–H groups in total. The molecule has 0 aromatic heterocycles. The lowest BCUT2D eigenvalue weighted by atomic mass is 9.94. The number of hydrogen-bond acceptors (Lipinski definition) is 4. The Labute approximate surface area is 226 Å². The number of carbonyl (C=O) groups excluding carboxylic acids is 2. The normalized spacial score (nSPS) is 16.9. The highest BCUT2D eigenvalue weighted by molar-refractivity contribution is 5.83. The Morgan fingerprint density at radius 3 is 2.18 bits per heavy atom. The quantitative estimate of drug-likeness (QED) is 0.367. The first kappa shape index (κ1) is 27.2. The molecule has 200 valence electrons. The van der Waals surface area contributed by atoms with E-state index in [1.165, 1.54) is 0 Å². The van der Waals surface area contributed by atoms with Crippen LogP contribution in [-0.2, 0) is 16.1 Å². The van der Waals surface area contributed by atoms with Crippen LogP contribution in [-0.4, -0.2) is 35.1 Å². The summed E-state index contributed by atoms with van der Waals surface area (Å²) >= 11 is 0. The number of carbonyl (C=O) groups is 2. The Morgan fingerprint density at radius 1 is 0.921 bits per heavy atom. The van der Waals surface area contributed by atoms with Crippen molar-refractivity contribution in [3.63, 3.8) is 0 Å². The molecule has 6 heteroatoms. The van der Waals surface area contributed by atoms with Gasteiger partial charge >= 0.3 is 6.09 Å². The van der Waals surface area contributed by atoms with Gasteiger partial charge in [0.1, 0.15) is 18.0 Å². The van der Waals surface area contributed by atoms with Gasteiger partial charge in [-0.3, -0.25) is 4.79 Å². The average molecular weight is 515 g/mol. The van der Waals surface area contributed by atoms with Gasteiger partial charge in [0.15, 0.2) is 0 Å². The second kappa shape index (κ2) is 12.2. The Balaban J connectivity index is 1.56. The summed E-state index contributed by atoms with van der Waals surface area (Å²) in [7, 11) is 0. The second-order valence-corrected chi connectivity index (χ2v) is 10.8. The summed E-state index contributed by atoms with van der Waals surface area (Å²) in [6, 6.07) is 26.9. The number of likely N-dealkylation sites (tertiary alicyclic amines) is 1. The van der Waals surface area contributed by atoms with Crippen molar-refractivity contribution in [3.8, 4) is 5.75 Å². The van der Waals surface area contributed by atoms with Crippen molar-refractivity contribution in [2.24, 2.45) is 0 Å². The average Bonchev–Trinajstić information content (AvgIpc) is 3.40. The van der Waals surface area contributed by atoms with Gasteiger partial charge in [-0.1, -0.05) is 72.8 Å². The van der Waals surface area contributed by atoms with Crippen LogP contribution in [0.15, 0.2) is 84.9 Å². The van der Waals surface area contributed by atoms with E-state index in [1.807, 2.05) is 113 Å². The lowest BCUT2D eigenvalue weighted by Crippen LogP contribution is -2.47. The molecule has 0 radical (unpaired) electrons. The minimum Gasteiger partial charge on any atom is -0.489 e. The number of amides is 2. The van der Waals surface area contributed by atoms with Crippen LogP contribution >= 0.6 is 0 Å². The lowest BCUT2D eigenvalue weighted by Gasteiger charge is -2.34. The molecule has 2 unspecified atom stereocenters. The molecule has 0 saturated carbocycles. The molecule has 1 heterocycles. The predicted octanol–water partition coefficient (Wildman–Crippen LogP) is 6.63. The standard InChI is InChI=1S/C32H38N2O4/c1-23(25-14-9-6-10-15-25)30(35)33-29(28-16-11-21-34(28)31(36)38-32(2,3)4)26-17-19-27(20-18-26)37-22-24-12-7-5-8-13-24/h5-10,12-15,17-20,23,28-29H,11,16,21-22H2,1-4H3,(H,33,35)/t23?,28?,29-/m1/s1. The Bertz CT molecular complexity index is 1190. The molecule has 4 rings (SSSR count). The van der Waals surface area contributed by atoms with Crippen LogP contribution < -0.4 is 10.1 Å². The van der Waals surface area contributed by atoms with Gasteiger partial charge in [-0.15, -0.1) is 0 Å². The summed E-state index contributed by atoms with van der Waals surface area (Å²) in [6.45, 7) is 8.58. The molecule has 0 bridgehead atoms. The maximum atomic E-state index is 13.4. The molecule has 3 aromatic carbocycles. The van der Waals surface area contributed by atoms with Crippen LogP contribution in [0.4, 0.5) is 4.79 Å². The lowest BCUT2D eigenvalue weighted by molar-refractivity contribution is -0.123. The molecule has 2 amide bonds. The summed E-state index contributed by atoms with van der Waals surface area (Å²) in [4.78, 5) is 28.3. The van der Waals surface area contributed by atoms with Gasteiger partial charge in [0.05, 0.1) is 18.0 Å². The molecule has 3 atom stereocenters. The summed E-state index contributed by atoms with van der Waals surface area (Å²) in [5.41, 5.74) is 2.37. The molecule has 0 aliphatic carbocycles. The third-order valence-electron chi connectivity index (χ3n) is 6.79. The number of nitrogens with one attached hydrogen (secondary N) is 1. The van der Waals surface area contributed by atoms with Crippen molar-refractivity contribution < 1.29 is 19.1 Å². The van der Waals surface area contributed by atoms with E-state index in [0.29, 0.717) is 13.2 Å². The third-order valence-corrected chi connectivity index (χ3v) is 6.79. The zero-order valence-electron chi connectivity index (χ0n) is 22.7. The Morgan fingerprint density at radius 2 is 1.55 bits per heavy atom. The molecule has 3 aromatic rings. The molecule has 6 nitrogen and oxygen atoms in total. The highest BCUT2D eigenvalue weighted by Crippen LogP contribution is 2.32. The SMILES string of the molecule is CC(C(=O)N[C@H](c1ccc(OCc2ccccc2)cc1)C1CCCN1C(=O)OC(C)(C)C)c1ccccc1. The van der Waals surface area contributed by atoms with E-state index in [0.717, 1.165) is 35.3 Å². The minimum atomic E-state index is -0.595. The zero-order chi connectivity index (χ0) is 27.1. The highest BCUT2D eigenvalue weighted by atomic mass is 16.6. The number of nitrogens with zero attached hydrogens (tertiary/aromatic N) is 1. The fraction of sp³-hybridized carbons (Fsp3) is 0.375. The van der Waals surface area contributed by atoms with Crippen LogP contribution in [0.1, 0.15) is 69.2 Å². The van der Waals surface area contributed by atoms with E-state index < -0.39 is 5.60 Å². The largest absolute Gasteiger partial charge is 0.489 e. The Kier molecular flexibility index (Phi) is 8.72. The maximum Gasteiger partial charge on any atom is 0.410 e. The molecular weight excluding hydrogens is 476 g/mol. The van der Waals surface area contributed by atoms with E-state index in [1.54, 1.807) is 4.90 Å². The van der Waals surface area contributed by atoms with Crippen molar-refractivity contribution in [1.29, 1.82) is 0 Å². The number of hydrogen-bond donors (Lipinski definition) is 1. The van der Waals surface area contributed by atoms with E-state index in [4.69, 9.17) is 9.47 Å².